The molecule has 1 atom stereocenters. The number of aromatic nitrogens is 3. The van der Waals surface area contributed by atoms with Crippen LogP contribution in [0.4, 0.5) is 0 Å². The first kappa shape index (κ1) is 102. The normalized spacial score (nSPS) is 13.7. The molecule has 1 saturated heterocycles. The zero-order valence-corrected chi connectivity index (χ0v) is 70.2. The first-order valence-electron chi connectivity index (χ1n) is 35.9. The van der Waals surface area contributed by atoms with Crippen LogP contribution in [0.15, 0.2) is 9.80 Å². The molecule has 1 amide bonds. The first-order valence-corrected chi connectivity index (χ1v) is 36.8. The summed E-state index contributed by atoms with van der Waals surface area (Å²) in [6.45, 7) is 96.6. The van der Waals surface area contributed by atoms with E-state index in [9.17, 15) is 4.79 Å². The summed E-state index contributed by atoms with van der Waals surface area (Å²) in [5.74, 6) is 1.83. The first-order chi connectivity index (χ1) is 38.9. The Bertz CT molecular complexity index is 1560. The number of nitrogens with one attached hydrogen (secondary N) is 1. The SMILES string of the molecule is CC(C)(C)C1CCNC1=O.CCCC(C)(C)C.CCCC(C)(C)C.CCCC(C)(C)C.CCCC(C)(C)C.CCCC(C)(C)C.CCCC(C)(C)C.CCCC(C)(C)C.CCCC(C)(C)C.Cc1nc(CC(C)(C)C)cs1.Cc1nnc(CC(C)(C)C)o1. The van der Waals surface area contributed by atoms with Gasteiger partial charge in [-0.15, -0.1) is 21.5 Å². The molecule has 7 heteroatoms. The predicted molar refractivity (Wildman–Crippen MR) is 408 cm³/mol. The molecule has 2 aromatic rings. The molecule has 1 aliphatic rings. The molecule has 0 aliphatic carbocycles. The lowest BCUT2D eigenvalue weighted by Gasteiger charge is -2.23. The van der Waals surface area contributed by atoms with Crippen molar-refractivity contribution in [1.82, 2.24) is 20.5 Å². The van der Waals surface area contributed by atoms with E-state index in [1.54, 1.807) is 18.3 Å². The number of hydrogen-bond acceptors (Lipinski definition) is 6. The summed E-state index contributed by atoms with van der Waals surface area (Å²) in [5, 5.41) is 13.8. The molecule has 0 saturated carbocycles. The highest BCUT2D eigenvalue weighted by Gasteiger charge is 2.34. The number of aryl methyl sites for hydroxylation is 2. The van der Waals surface area contributed by atoms with Gasteiger partial charge in [0.1, 0.15) is 0 Å². The van der Waals surface area contributed by atoms with Crippen LogP contribution < -0.4 is 5.32 Å². The molecule has 1 N–H and O–H groups in total. The molecular formula is C81H172N4O2S. The average molecular weight is 1270 g/mol. The van der Waals surface area contributed by atoms with E-state index in [2.05, 4.69) is 317 Å². The fourth-order valence-electron chi connectivity index (χ4n) is 9.32. The van der Waals surface area contributed by atoms with Crippen molar-refractivity contribution in [3.63, 3.8) is 0 Å². The Balaban J connectivity index is -0.000000134. The van der Waals surface area contributed by atoms with Gasteiger partial charge in [0, 0.05) is 31.2 Å². The zero-order valence-electron chi connectivity index (χ0n) is 69.4. The summed E-state index contributed by atoms with van der Waals surface area (Å²) in [6, 6.07) is 0. The van der Waals surface area contributed by atoms with Crippen LogP contribution in [0.5, 0.6) is 0 Å². The average Bonchev–Trinajstić information content (AvgIpc) is 3.99. The van der Waals surface area contributed by atoms with Gasteiger partial charge >= 0.3 is 0 Å². The monoisotopic (exact) mass is 1270 g/mol. The van der Waals surface area contributed by atoms with Gasteiger partial charge in [-0.1, -0.05) is 335 Å². The van der Waals surface area contributed by atoms with Crippen LogP contribution in [-0.4, -0.2) is 27.6 Å². The maximum Gasteiger partial charge on any atom is 0.223 e. The van der Waals surface area contributed by atoms with Crippen molar-refractivity contribution in [1.29, 1.82) is 0 Å². The fraction of sp³-hybridized carbons (Fsp3) is 0.926. The highest BCUT2D eigenvalue weighted by molar-refractivity contribution is 7.09. The minimum Gasteiger partial charge on any atom is -0.426 e. The second-order valence-corrected chi connectivity index (χ2v) is 39.6. The molecule has 534 valence electrons. The largest absolute Gasteiger partial charge is 0.426 e. The van der Waals surface area contributed by atoms with E-state index in [1.807, 2.05) is 0 Å². The van der Waals surface area contributed by atoms with Gasteiger partial charge in [0.25, 0.3) is 0 Å². The molecule has 2 aromatic heterocycles. The highest BCUT2D eigenvalue weighted by atomic mass is 32.1. The Morgan fingerprint density at radius 2 is 0.648 bits per heavy atom. The molecular weight excluding hydrogens is 1090 g/mol. The minimum atomic E-state index is 0.139. The van der Waals surface area contributed by atoms with E-state index in [1.165, 1.54) is 113 Å². The number of carbonyl (C=O) groups is 1. The summed E-state index contributed by atoms with van der Waals surface area (Å²) in [4.78, 5) is 15.5. The molecule has 88 heavy (non-hydrogen) atoms. The summed E-state index contributed by atoms with van der Waals surface area (Å²) in [6.07, 6.45) is 24.1. The van der Waals surface area contributed by atoms with Crippen LogP contribution in [-0.2, 0) is 17.6 Å². The van der Waals surface area contributed by atoms with Crippen molar-refractivity contribution in [2.24, 2.45) is 65.5 Å². The van der Waals surface area contributed by atoms with Gasteiger partial charge in [-0.25, -0.2) is 4.98 Å². The lowest BCUT2D eigenvalue weighted by molar-refractivity contribution is -0.125. The number of thiazole rings is 1. The Morgan fingerprint density at radius 1 is 0.398 bits per heavy atom. The van der Waals surface area contributed by atoms with Gasteiger partial charge in [0.05, 0.1) is 10.7 Å². The Kier molecular flexibility index (Phi) is 59.0. The van der Waals surface area contributed by atoms with Gasteiger partial charge in [-0.2, -0.15) is 0 Å². The smallest absolute Gasteiger partial charge is 0.223 e. The lowest BCUT2D eigenvalue weighted by atomic mass is 9.80. The van der Waals surface area contributed by atoms with Crippen LogP contribution in [0.1, 0.15) is 416 Å². The Hall–Kier alpha value is -1.76. The van der Waals surface area contributed by atoms with Crippen molar-refractivity contribution < 1.29 is 9.21 Å². The lowest BCUT2D eigenvalue weighted by Crippen LogP contribution is -2.28. The van der Waals surface area contributed by atoms with Crippen molar-refractivity contribution in [2.45, 2.75) is 420 Å². The standard InChI is InChI=1S/C9H15NS.C8H14N2O.C8H15NO.8C7H16/c1-7-10-8(6-11-7)5-9(2,3)4;1-6-9-10-7(11-6)5-8(2,3)4;1-8(2,3)6-4-5-9-7(6)10;8*1-5-6-7(2,3)4/h6H,5H2,1-4H3;5H2,1-4H3;6H,4-5H2,1-3H3,(H,9,10);8*5-6H2,1-4H3. The Labute approximate surface area is 563 Å². The van der Waals surface area contributed by atoms with Gasteiger partial charge in [-0.3, -0.25) is 4.79 Å². The minimum absolute atomic E-state index is 0.139. The number of rotatable bonds is 10. The van der Waals surface area contributed by atoms with Crippen LogP contribution in [0, 0.1) is 79.3 Å². The predicted octanol–water partition coefficient (Wildman–Crippen LogP) is 28.8. The van der Waals surface area contributed by atoms with Crippen LogP contribution in [0.3, 0.4) is 0 Å². The van der Waals surface area contributed by atoms with Gasteiger partial charge < -0.3 is 9.73 Å². The van der Waals surface area contributed by atoms with Gasteiger partial charge in [0.2, 0.25) is 17.7 Å². The number of carbonyl (C=O) groups excluding carboxylic acids is 1. The molecule has 1 unspecified atom stereocenters. The second kappa shape index (κ2) is 50.7. The fourth-order valence-corrected chi connectivity index (χ4v) is 9.93. The quantitative estimate of drug-likeness (QED) is 0.256. The molecule has 1 fully saturated rings. The highest BCUT2D eigenvalue weighted by Crippen LogP contribution is 2.31. The number of amides is 1. The summed E-state index contributed by atoms with van der Waals surface area (Å²) in [5.41, 5.74) is 6.36. The van der Waals surface area contributed by atoms with E-state index < -0.39 is 0 Å². The van der Waals surface area contributed by atoms with Crippen molar-refractivity contribution in [3.8, 4) is 0 Å². The van der Waals surface area contributed by atoms with Gasteiger partial charge in [0.15, 0.2) is 0 Å². The maximum absolute atomic E-state index is 11.1. The third-order valence-electron chi connectivity index (χ3n) is 12.7. The van der Waals surface area contributed by atoms with Gasteiger partial charge in [-0.05, 0) is 131 Å². The third-order valence-corrected chi connectivity index (χ3v) is 13.5. The Morgan fingerprint density at radius 3 is 0.761 bits per heavy atom. The van der Waals surface area contributed by atoms with E-state index in [4.69, 9.17) is 4.42 Å². The maximum atomic E-state index is 11.1. The third kappa shape index (κ3) is 106. The van der Waals surface area contributed by atoms with Crippen molar-refractivity contribution >= 4 is 17.2 Å². The molecule has 3 heterocycles. The number of nitrogens with zero attached hydrogens (tertiary/aromatic N) is 3. The zero-order chi connectivity index (χ0) is 72.1. The van der Waals surface area contributed by atoms with E-state index in [-0.39, 0.29) is 22.7 Å². The topological polar surface area (TPSA) is 80.9 Å². The molecule has 1 aliphatic heterocycles. The molecule has 0 spiro atoms. The molecule has 0 aromatic carbocycles. The summed E-state index contributed by atoms with van der Waals surface area (Å²) < 4.78 is 5.24. The summed E-state index contributed by atoms with van der Waals surface area (Å²) >= 11 is 1.73. The molecule has 3 rings (SSSR count). The van der Waals surface area contributed by atoms with E-state index in [0.717, 1.165) is 31.7 Å². The molecule has 6 nitrogen and oxygen atoms in total. The van der Waals surface area contributed by atoms with E-state index in [0.29, 0.717) is 54.6 Å². The number of hydrogen-bond donors (Lipinski definition) is 1. The van der Waals surface area contributed by atoms with Crippen LogP contribution in [0.25, 0.3) is 0 Å². The van der Waals surface area contributed by atoms with Crippen LogP contribution >= 0.6 is 11.3 Å². The second-order valence-electron chi connectivity index (χ2n) is 38.5. The van der Waals surface area contributed by atoms with Crippen molar-refractivity contribution in [2.75, 3.05) is 6.54 Å². The van der Waals surface area contributed by atoms with Crippen molar-refractivity contribution in [3.05, 3.63) is 27.9 Å². The van der Waals surface area contributed by atoms with Crippen LogP contribution in [0.2, 0.25) is 0 Å². The summed E-state index contributed by atoms with van der Waals surface area (Å²) in [7, 11) is 0. The van der Waals surface area contributed by atoms with E-state index >= 15 is 0 Å². The molecule has 0 bridgehead atoms. The molecule has 0 radical (unpaired) electrons.